The average Bonchev–Trinajstić information content (AvgIpc) is 3.69. The molecule has 206 valence electrons. The van der Waals surface area contributed by atoms with Crippen LogP contribution in [0, 0.1) is 6.92 Å². The van der Waals surface area contributed by atoms with E-state index in [0.29, 0.717) is 18.3 Å². The molecule has 7 heteroatoms. The molecule has 0 aliphatic heterocycles. The van der Waals surface area contributed by atoms with E-state index >= 15 is 0 Å². The number of aryl methyl sites for hydroxylation is 1. The number of amides is 1. The Morgan fingerprint density at radius 1 is 0.821 bits per heavy atom. The van der Waals surface area contributed by atoms with Gasteiger partial charge in [0.25, 0.3) is 0 Å². The van der Waals surface area contributed by atoms with Crippen molar-refractivity contribution in [1.82, 2.24) is 25.1 Å². The van der Waals surface area contributed by atoms with Crippen LogP contribution in [0.3, 0.4) is 0 Å². The number of benzene rings is 3. The number of carbonyl (C=O) groups is 1. The zero-order valence-corrected chi connectivity index (χ0v) is 23.9. The number of carbonyl (C=O) groups excluding carboxylic acids is 1. The number of aromatic nitrogens is 4. The van der Waals surface area contributed by atoms with Crippen LogP contribution >= 0.6 is 0 Å². The van der Waals surface area contributed by atoms with Crippen LogP contribution in [0.2, 0.25) is 0 Å². The summed E-state index contributed by atoms with van der Waals surface area (Å²) in [6, 6.07) is 31.6. The Morgan fingerprint density at radius 2 is 1.33 bits per heavy atom. The van der Waals surface area contributed by atoms with E-state index in [-0.39, 0.29) is 11.9 Å². The summed E-state index contributed by atoms with van der Waals surface area (Å²) in [5, 5.41) is 10.6. The fourth-order valence-corrected chi connectivity index (χ4v) is 3.15. The predicted octanol–water partition coefficient (Wildman–Crippen LogP) is 7.54. The Balaban J connectivity index is 0.000000299. The van der Waals surface area contributed by atoms with Crippen LogP contribution in [0.4, 0.5) is 0 Å². The highest BCUT2D eigenvalue weighted by molar-refractivity contribution is 5.73. The van der Waals surface area contributed by atoms with Gasteiger partial charge in [-0.25, -0.2) is 4.98 Å². The first kappa shape index (κ1) is 32.5. The third kappa shape index (κ3) is 13.6. The molecule has 1 atom stereocenters. The number of nitrogens with one attached hydrogen (secondary N) is 1. The lowest BCUT2D eigenvalue weighted by atomic mass is 10.1. The first-order valence-electron chi connectivity index (χ1n) is 13.2. The Labute approximate surface area is 233 Å². The zero-order valence-electron chi connectivity index (χ0n) is 23.9. The lowest BCUT2D eigenvalue weighted by molar-refractivity contribution is -0.119. The molecule has 1 amide bonds. The van der Waals surface area contributed by atoms with E-state index in [4.69, 9.17) is 4.42 Å². The topological polar surface area (TPSA) is 85.8 Å². The molecule has 5 rings (SSSR count). The molecule has 3 aromatic carbocycles. The highest BCUT2D eigenvalue weighted by atomic mass is 16.4. The molecule has 0 aliphatic carbocycles. The molecule has 2 heterocycles. The quantitative estimate of drug-likeness (QED) is 0.255. The molecule has 1 unspecified atom stereocenters. The van der Waals surface area contributed by atoms with E-state index in [1.165, 1.54) is 6.92 Å². The second-order valence-corrected chi connectivity index (χ2v) is 7.57. The van der Waals surface area contributed by atoms with Crippen LogP contribution in [-0.4, -0.2) is 25.7 Å². The van der Waals surface area contributed by atoms with E-state index in [2.05, 4.69) is 20.5 Å². The van der Waals surface area contributed by atoms with Gasteiger partial charge in [-0.05, 0) is 17.7 Å². The molecule has 7 nitrogen and oxygen atoms in total. The lowest BCUT2D eigenvalue weighted by Gasteiger charge is -2.18. The van der Waals surface area contributed by atoms with E-state index in [9.17, 15) is 4.79 Å². The van der Waals surface area contributed by atoms with Crippen molar-refractivity contribution in [3.63, 3.8) is 0 Å². The summed E-state index contributed by atoms with van der Waals surface area (Å²) in [7, 11) is 0. The van der Waals surface area contributed by atoms with E-state index in [1.54, 1.807) is 19.4 Å². The summed E-state index contributed by atoms with van der Waals surface area (Å²) in [5.74, 6) is 1.14. The van der Waals surface area contributed by atoms with Crippen molar-refractivity contribution in [2.24, 2.45) is 0 Å². The monoisotopic (exact) mass is 527 g/mol. The van der Waals surface area contributed by atoms with E-state index in [0.717, 1.165) is 11.1 Å². The minimum absolute atomic E-state index is 0.0251. The van der Waals surface area contributed by atoms with Gasteiger partial charge in [-0.2, -0.15) is 0 Å². The molecule has 0 saturated carbocycles. The normalized spacial score (nSPS) is 9.90. The number of rotatable bonds is 5. The minimum atomic E-state index is -0.0287. The van der Waals surface area contributed by atoms with Gasteiger partial charge in [-0.3, -0.25) is 4.79 Å². The standard InChI is InChI=1S/C13H15N3O.C9H8N2O.C6H6.2C2H6/c1-11(17)15-13(9-16-8-7-14-10-16)12-5-3-2-4-6-12;1-7-10-11-9(12-7)8-5-3-2-4-6-8;1-2-4-6-5-3-1;2*1-2/h2-8,10,13H,9H2,1H3,(H,15,17);2-6H,1H3;1-6H;2*1-2H3. The first-order valence-corrected chi connectivity index (χ1v) is 13.2. The van der Waals surface area contributed by atoms with Gasteiger partial charge in [-0.15, -0.1) is 10.2 Å². The molecule has 0 fully saturated rings. The third-order valence-corrected chi connectivity index (χ3v) is 4.75. The maximum atomic E-state index is 11.2. The predicted molar refractivity (Wildman–Crippen MR) is 159 cm³/mol. The third-order valence-electron chi connectivity index (χ3n) is 4.75. The van der Waals surface area contributed by atoms with Crippen LogP contribution in [-0.2, 0) is 11.3 Å². The summed E-state index contributed by atoms with van der Waals surface area (Å²) >= 11 is 0. The number of hydrogen-bond donors (Lipinski definition) is 1. The SMILES string of the molecule is CC.CC.CC(=O)NC(Cn1ccnc1)c1ccccc1.Cc1nnc(-c2ccccc2)o1.c1ccccc1. The van der Waals surface area contributed by atoms with Crippen molar-refractivity contribution in [2.45, 2.75) is 54.1 Å². The van der Waals surface area contributed by atoms with Crippen molar-refractivity contribution in [3.8, 4) is 11.5 Å². The van der Waals surface area contributed by atoms with E-state index in [1.807, 2.05) is 136 Å². The highest BCUT2D eigenvalue weighted by Gasteiger charge is 2.12. The molecule has 0 aliphatic rings. The largest absolute Gasteiger partial charge is 0.421 e. The molecule has 2 aromatic heterocycles. The molecule has 0 bridgehead atoms. The van der Waals surface area contributed by atoms with Crippen molar-refractivity contribution in [1.29, 1.82) is 0 Å². The summed E-state index contributed by atoms with van der Waals surface area (Å²) in [6.45, 7) is 12.0. The maximum Gasteiger partial charge on any atom is 0.247 e. The van der Waals surface area contributed by atoms with Gasteiger partial charge in [0.15, 0.2) is 0 Å². The average molecular weight is 528 g/mol. The van der Waals surface area contributed by atoms with E-state index < -0.39 is 0 Å². The Hall–Kier alpha value is -4.52. The molecule has 39 heavy (non-hydrogen) atoms. The van der Waals surface area contributed by atoms with Gasteiger partial charge in [-0.1, -0.05) is 113 Å². The van der Waals surface area contributed by atoms with Crippen LogP contribution in [0.1, 0.15) is 52.1 Å². The minimum Gasteiger partial charge on any atom is -0.421 e. The lowest BCUT2D eigenvalue weighted by Crippen LogP contribution is -2.29. The van der Waals surface area contributed by atoms with Crippen LogP contribution < -0.4 is 5.32 Å². The van der Waals surface area contributed by atoms with Gasteiger partial charge in [0.05, 0.1) is 12.4 Å². The first-order chi connectivity index (χ1) is 19.1. The molecule has 0 saturated heterocycles. The van der Waals surface area contributed by atoms with Crippen molar-refractivity contribution >= 4 is 5.91 Å². The Kier molecular flexibility index (Phi) is 17.1. The molecule has 0 spiro atoms. The second kappa shape index (κ2) is 20.5. The van der Waals surface area contributed by atoms with Gasteiger partial charge in [0.2, 0.25) is 17.7 Å². The highest BCUT2D eigenvalue weighted by Crippen LogP contribution is 2.16. The summed E-state index contributed by atoms with van der Waals surface area (Å²) in [6.07, 6.45) is 5.37. The van der Waals surface area contributed by atoms with Crippen molar-refractivity contribution < 1.29 is 9.21 Å². The fraction of sp³-hybridized carbons (Fsp3) is 0.250. The summed E-state index contributed by atoms with van der Waals surface area (Å²) in [4.78, 5) is 15.2. The fourth-order valence-electron chi connectivity index (χ4n) is 3.15. The molecule has 5 aromatic rings. The summed E-state index contributed by atoms with van der Waals surface area (Å²) in [5.41, 5.74) is 2.05. The molecule has 0 radical (unpaired) electrons. The maximum absolute atomic E-state index is 11.2. The Bertz CT molecular complexity index is 1200. The van der Waals surface area contributed by atoms with Gasteiger partial charge >= 0.3 is 0 Å². The van der Waals surface area contributed by atoms with Crippen molar-refractivity contribution in [3.05, 3.63) is 127 Å². The van der Waals surface area contributed by atoms with Gasteiger partial charge < -0.3 is 14.3 Å². The Morgan fingerprint density at radius 3 is 1.77 bits per heavy atom. The second-order valence-electron chi connectivity index (χ2n) is 7.57. The van der Waals surface area contributed by atoms with Crippen LogP contribution in [0.25, 0.3) is 11.5 Å². The summed E-state index contributed by atoms with van der Waals surface area (Å²) < 4.78 is 7.20. The van der Waals surface area contributed by atoms with Crippen molar-refractivity contribution in [2.75, 3.05) is 0 Å². The molecule has 1 N–H and O–H groups in total. The zero-order chi connectivity index (χ0) is 28.7. The van der Waals surface area contributed by atoms with Crippen LogP contribution in [0.15, 0.2) is 120 Å². The molecular weight excluding hydrogens is 486 g/mol. The smallest absolute Gasteiger partial charge is 0.247 e. The number of nitrogens with zero attached hydrogens (tertiary/aromatic N) is 4. The van der Waals surface area contributed by atoms with Gasteiger partial charge in [0.1, 0.15) is 0 Å². The number of hydrogen-bond acceptors (Lipinski definition) is 5. The van der Waals surface area contributed by atoms with Crippen LogP contribution in [0.5, 0.6) is 0 Å². The number of imidazole rings is 1. The van der Waals surface area contributed by atoms with Gasteiger partial charge in [0, 0.05) is 38.3 Å². The molecular formula is C32H41N5O2.